The smallest absolute Gasteiger partial charge is 0.222 e. The summed E-state index contributed by atoms with van der Waals surface area (Å²) in [6.45, 7) is 4.17. The summed E-state index contributed by atoms with van der Waals surface area (Å²) < 4.78 is 0. The van der Waals surface area contributed by atoms with Crippen molar-refractivity contribution in [2.75, 3.05) is 6.54 Å². The molecule has 4 heteroatoms. The predicted octanol–water partition coefficient (Wildman–Crippen LogP) is 4.58. The summed E-state index contributed by atoms with van der Waals surface area (Å²) in [7, 11) is 0. The Balaban J connectivity index is 1.68. The Labute approximate surface area is 174 Å². The van der Waals surface area contributed by atoms with Crippen LogP contribution in [-0.2, 0) is 15.0 Å². The van der Waals surface area contributed by atoms with Gasteiger partial charge in [0.05, 0.1) is 12.5 Å². The molecule has 29 heavy (non-hydrogen) atoms. The molecule has 1 aliphatic rings. The van der Waals surface area contributed by atoms with E-state index in [1.807, 2.05) is 37.3 Å². The van der Waals surface area contributed by atoms with Crippen LogP contribution in [0.1, 0.15) is 68.2 Å². The number of carbonyl (C=O) groups is 2. The SMILES string of the molecule is CC(=O)NC(CC(=O)NCC1(c2ccccc2)CCCCC1)c1ccc(C)cc1. The number of rotatable bonds is 7. The van der Waals surface area contributed by atoms with E-state index < -0.39 is 0 Å². The Morgan fingerprint density at radius 2 is 1.62 bits per heavy atom. The second kappa shape index (κ2) is 9.73. The normalized spacial score (nSPS) is 16.6. The Kier molecular flexibility index (Phi) is 7.08. The highest BCUT2D eigenvalue weighted by atomic mass is 16.2. The van der Waals surface area contributed by atoms with Crippen molar-refractivity contribution >= 4 is 11.8 Å². The second-order valence-electron chi connectivity index (χ2n) is 8.35. The maximum atomic E-state index is 12.8. The lowest BCUT2D eigenvalue weighted by atomic mass is 9.69. The molecule has 3 rings (SSSR count). The fourth-order valence-corrected chi connectivity index (χ4v) is 4.41. The van der Waals surface area contributed by atoms with E-state index in [-0.39, 0.29) is 29.7 Å². The third kappa shape index (κ3) is 5.69. The molecule has 1 unspecified atom stereocenters. The van der Waals surface area contributed by atoms with Gasteiger partial charge in [-0.05, 0) is 30.9 Å². The summed E-state index contributed by atoms with van der Waals surface area (Å²) in [6.07, 6.45) is 6.11. The Morgan fingerprint density at radius 3 is 2.24 bits per heavy atom. The van der Waals surface area contributed by atoms with Gasteiger partial charge in [0.2, 0.25) is 11.8 Å². The van der Waals surface area contributed by atoms with Gasteiger partial charge in [-0.25, -0.2) is 0 Å². The van der Waals surface area contributed by atoms with Crippen LogP contribution >= 0.6 is 0 Å². The molecule has 2 aromatic rings. The van der Waals surface area contributed by atoms with Crippen LogP contribution in [0.4, 0.5) is 0 Å². The van der Waals surface area contributed by atoms with Gasteiger partial charge in [0.15, 0.2) is 0 Å². The zero-order valence-electron chi connectivity index (χ0n) is 17.5. The summed E-state index contributed by atoms with van der Waals surface area (Å²) in [5, 5.41) is 6.11. The van der Waals surface area contributed by atoms with Crippen molar-refractivity contribution in [3.63, 3.8) is 0 Å². The van der Waals surface area contributed by atoms with Gasteiger partial charge in [-0.15, -0.1) is 0 Å². The van der Waals surface area contributed by atoms with Crippen LogP contribution < -0.4 is 10.6 Å². The molecular formula is C25H32N2O2. The second-order valence-corrected chi connectivity index (χ2v) is 8.35. The van der Waals surface area contributed by atoms with E-state index >= 15 is 0 Å². The van der Waals surface area contributed by atoms with Crippen molar-refractivity contribution in [2.24, 2.45) is 0 Å². The molecule has 1 fully saturated rings. The van der Waals surface area contributed by atoms with Crippen LogP contribution in [0, 0.1) is 6.92 Å². The van der Waals surface area contributed by atoms with Crippen LogP contribution in [-0.4, -0.2) is 18.4 Å². The van der Waals surface area contributed by atoms with E-state index in [1.54, 1.807) is 0 Å². The maximum Gasteiger partial charge on any atom is 0.222 e. The molecule has 154 valence electrons. The molecule has 1 saturated carbocycles. The van der Waals surface area contributed by atoms with Crippen molar-refractivity contribution in [1.82, 2.24) is 10.6 Å². The lowest BCUT2D eigenvalue weighted by molar-refractivity contribution is -0.123. The summed E-state index contributed by atoms with van der Waals surface area (Å²) in [5.41, 5.74) is 3.44. The summed E-state index contributed by atoms with van der Waals surface area (Å²) in [6, 6.07) is 18.2. The van der Waals surface area contributed by atoms with Crippen molar-refractivity contribution in [1.29, 1.82) is 0 Å². The monoisotopic (exact) mass is 392 g/mol. The van der Waals surface area contributed by atoms with Crippen LogP contribution in [0.5, 0.6) is 0 Å². The zero-order chi connectivity index (χ0) is 20.7. The van der Waals surface area contributed by atoms with Crippen LogP contribution in [0.25, 0.3) is 0 Å². The van der Waals surface area contributed by atoms with E-state index in [0.29, 0.717) is 6.54 Å². The van der Waals surface area contributed by atoms with Crippen LogP contribution in [0.3, 0.4) is 0 Å². The van der Waals surface area contributed by atoms with E-state index in [2.05, 4.69) is 34.9 Å². The summed E-state index contributed by atoms with van der Waals surface area (Å²) in [4.78, 5) is 24.5. The van der Waals surface area contributed by atoms with Gasteiger partial charge in [-0.1, -0.05) is 79.4 Å². The van der Waals surface area contributed by atoms with Crippen molar-refractivity contribution < 1.29 is 9.59 Å². The molecule has 0 aliphatic heterocycles. The number of amides is 2. The van der Waals surface area contributed by atoms with E-state index in [1.165, 1.54) is 31.7 Å². The molecule has 0 saturated heterocycles. The Bertz CT molecular complexity index is 808. The molecular weight excluding hydrogens is 360 g/mol. The quantitative estimate of drug-likeness (QED) is 0.724. The van der Waals surface area contributed by atoms with Crippen LogP contribution in [0.15, 0.2) is 54.6 Å². The molecule has 0 bridgehead atoms. The number of aryl methyl sites for hydroxylation is 1. The highest BCUT2D eigenvalue weighted by Gasteiger charge is 2.34. The Hall–Kier alpha value is -2.62. The number of nitrogens with one attached hydrogen (secondary N) is 2. The maximum absolute atomic E-state index is 12.8. The van der Waals surface area contributed by atoms with E-state index in [0.717, 1.165) is 24.0 Å². The Morgan fingerprint density at radius 1 is 0.966 bits per heavy atom. The van der Waals surface area contributed by atoms with Crippen molar-refractivity contribution in [3.05, 3.63) is 71.3 Å². The molecule has 4 nitrogen and oxygen atoms in total. The number of benzene rings is 2. The van der Waals surface area contributed by atoms with Gasteiger partial charge in [0.1, 0.15) is 0 Å². The first kappa shape index (κ1) is 21.1. The van der Waals surface area contributed by atoms with Gasteiger partial charge >= 0.3 is 0 Å². The van der Waals surface area contributed by atoms with E-state index in [4.69, 9.17) is 0 Å². The number of hydrogen-bond donors (Lipinski definition) is 2. The molecule has 1 atom stereocenters. The first-order valence-electron chi connectivity index (χ1n) is 10.6. The van der Waals surface area contributed by atoms with Gasteiger partial charge in [0, 0.05) is 18.9 Å². The molecule has 0 spiro atoms. The van der Waals surface area contributed by atoms with Gasteiger partial charge < -0.3 is 10.6 Å². The minimum atomic E-state index is -0.313. The van der Waals surface area contributed by atoms with Crippen molar-refractivity contribution in [2.45, 2.75) is 63.8 Å². The number of hydrogen-bond acceptors (Lipinski definition) is 2. The third-order valence-electron chi connectivity index (χ3n) is 6.07. The molecule has 2 N–H and O–H groups in total. The minimum absolute atomic E-state index is 0.0164. The highest BCUT2D eigenvalue weighted by molar-refractivity contribution is 5.79. The van der Waals surface area contributed by atoms with Crippen molar-refractivity contribution in [3.8, 4) is 0 Å². The molecule has 2 aromatic carbocycles. The largest absolute Gasteiger partial charge is 0.355 e. The zero-order valence-corrected chi connectivity index (χ0v) is 17.5. The highest BCUT2D eigenvalue weighted by Crippen LogP contribution is 2.39. The predicted molar refractivity (Wildman–Crippen MR) is 117 cm³/mol. The number of carbonyl (C=O) groups excluding carboxylic acids is 2. The first-order chi connectivity index (χ1) is 14.0. The molecule has 0 radical (unpaired) electrons. The van der Waals surface area contributed by atoms with Crippen LogP contribution in [0.2, 0.25) is 0 Å². The molecule has 1 aliphatic carbocycles. The molecule has 2 amide bonds. The molecule has 0 aromatic heterocycles. The molecule has 0 heterocycles. The van der Waals surface area contributed by atoms with Gasteiger partial charge in [0.25, 0.3) is 0 Å². The summed E-state index contributed by atoms with van der Waals surface area (Å²) >= 11 is 0. The first-order valence-corrected chi connectivity index (χ1v) is 10.6. The summed E-state index contributed by atoms with van der Waals surface area (Å²) in [5.74, 6) is -0.151. The fourth-order valence-electron chi connectivity index (χ4n) is 4.41. The average Bonchev–Trinajstić information content (AvgIpc) is 2.73. The third-order valence-corrected chi connectivity index (χ3v) is 6.07. The fraction of sp³-hybridized carbons (Fsp3) is 0.440. The average molecular weight is 393 g/mol. The topological polar surface area (TPSA) is 58.2 Å². The lowest BCUT2D eigenvalue weighted by Crippen LogP contribution is -2.43. The van der Waals surface area contributed by atoms with Gasteiger partial charge in [-0.3, -0.25) is 9.59 Å². The minimum Gasteiger partial charge on any atom is -0.355 e. The standard InChI is InChI=1S/C25H32N2O2/c1-19-11-13-21(14-12-19)23(27-20(2)28)17-24(29)26-18-25(15-7-4-8-16-25)22-9-5-3-6-10-22/h3,5-6,9-14,23H,4,7-8,15-18H2,1-2H3,(H,26,29)(H,27,28). The van der Waals surface area contributed by atoms with E-state index in [9.17, 15) is 9.59 Å². The lowest BCUT2D eigenvalue weighted by Gasteiger charge is -2.38. The van der Waals surface area contributed by atoms with Gasteiger partial charge in [-0.2, -0.15) is 0 Å².